The van der Waals surface area contributed by atoms with Crippen molar-refractivity contribution in [3.05, 3.63) is 144 Å². The first-order valence-corrected chi connectivity index (χ1v) is 21.7. The van der Waals surface area contributed by atoms with Crippen LogP contribution in [-0.4, -0.2) is 17.6 Å². The van der Waals surface area contributed by atoms with Crippen LogP contribution >= 0.6 is 0 Å². The lowest BCUT2D eigenvalue weighted by molar-refractivity contribution is 0.590. The summed E-state index contributed by atoms with van der Waals surface area (Å²) in [4.78, 5) is 0.522. The number of hydrogen-bond acceptors (Lipinski definition) is 2. The van der Waals surface area contributed by atoms with Gasteiger partial charge >= 0.3 is 0 Å². The average Bonchev–Trinajstić information content (AvgIpc) is 3.65. The number of sulfone groups is 1. The molecule has 2 aromatic heterocycles. The monoisotopic (exact) mass is 772 g/mol. The molecule has 0 aliphatic rings. The lowest BCUT2D eigenvalue weighted by Crippen LogP contribution is -2.10. The summed E-state index contributed by atoms with van der Waals surface area (Å²) in [6.07, 6.45) is 0. The summed E-state index contributed by atoms with van der Waals surface area (Å²) in [5, 5.41) is 4.67. The predicted molar refractivity (Wildman–Crippen MR) is 242 cm³/mol. The zero-order valence-corrected chi connectivity index (χ0v) is 36.5. The molecule has 0 saturated carbocycles. The number of rotatable bonds is 4. The zero-order chi connectivity index (χ0) is 41.0. The highest BCUT2D eigenvalue weighted by Crippen LogP contribution is 2.40. The van der Waals surface area contributed by atoms with Crippen LogP contribution in [0, 0.1) is 0 Å². The van der Waals surface area contributed by atoms with Crippen LogP contribution in [0.4, 0.5) is 0 Å². The molecule has 2 heterocycles. The van der Waals surface area contributed by atoms with E-state index in [1.54, 1.807) is 12.1 Å². The third-order valence-electron chi connectivity index (χ3n) is 11.8. The first-order valence-electron chi connectivity index (χ1n) is 20.2. The Labute approximate surface area is 339 Å². The molecule has 57 heavy (non-hydrogen) atoms. The fourth-order valence-electron chi connectivity index (χ4n) is 8.18. The first kappa shape index (κ1) is 38.7. The second kappa shape index (κ2) is 12.9. The largest absolute Gasteiger partial charge is 0.309 e. The number of hydrogen-bond donors (Lipinski definition) is 0. The second-order valence-corrected chi connectivity index (χ2v) is 22.0. The van der Waals surface area contributed by atoms with Gasteiger partial charge < -0.3 is 9.13 Å². The molecule has 8 aromatic rings. The molecule has 0 fully saturated rings. The number of benzene rings is 6. The lowest BCUT2D eigenvalue weighted by atomic mass is 9.85. The summed E-state index contributed by atoms with van der Waals surface area (Å²) in [6, 6.07) is 41.7. The lowest BCUT2D eigenvalue weighted by Gasteiger charge is -2.19. The number of nitrogens with zero attached hydrogens (tertiary/aromatic N) is 2. The summed E-state index contributed by atoms with van der Waals surface area (Å²) < 4.78 is 33.9. The highest BCUT2D eigenvalue weighted by atomic mass is 32.2. The average molecular weight is 773 g/mol. The van der Waals surface area contributed by atoms with Gasteiger partial charge in [0.25, 0.3) is 0 Å². The molecule has 4 nitrogen and oxygen atoms in total. The van der Waals surface area contributed by atoms with Gasteiger partial charge in [0.15, 0.2) is 0 Å². The number of aromatic nitrogens is 2. The topological polar surface area (TPSA) is 44.0 Å². The number of fused-ring (bicyclic) bond motifs is 6. The van der Waals surface area contributed by atoms with Gasteiger partial charge in [0, 0.05) is 32.9 Å². The molecule has 6 aromatic carbocycles. The normalized spacial score (nSPS) is 13.4. The molecule has 0 atom stereocenters. The van der Waals surface area contributed by atoms with Gasteiger partial charge in [-0.3, -0.25) is 0 Å². The van der Waals surface area contributed by atoms with Gasteiger partial charge in [0.2, 0.25) is 9.84 Å². The molecule has 0 bridgehead atoms. The third kappa shape index (κ3) is 6.68. The minimum atomic E-state index is -3.91. The minimum absolute atomic E-state index is 0.0171. The quantitative estimate of drug-likeness (QED) is 0.179. The molecular formula is C52H56N2O2S. The molecule has 0 aliphatic carbocycles. The minimum Gasteiger partial charge on any atom is -0.309 e. The van der Waals surface area contributed by atoms with E-state index < -0.39 is 9.84 Å². The Kier molecular flexibility index (Phi) is 8.79. The third-order valence-corrected chi connectivity index (χ3v) is 13.5. The highest BCUT2D eigenvalue weighted by Gasteiger charge is 2.25. The molecule has 5 heteroatoms. The van der Waals surface area contributed by atoms with Crippen molar-refractivity contribution in [1.82, 2.24) is 9.13 Å². The Morgan fingerprint density at radius 1 is 0.351 bits per heavy atom. The molecule has 0 unspecified atom stereocenters. The van der Waals surface area contributed by atoms with Crippen LogP contribution in [-0.2, 0) is 31.5 Å². The predicted octanol–water partition coefficient (Wildman–Crippen LogP) is 13.9. The van der Waals surface area contributed by atoms with Crippen molar-refractivity contribution in [2.24, 2.45) is 0 Å². The van der Waals surface area contributed by atoms with Crippen molar-refractivity contribution in [2.75, 3.05) is 0 Å². The van der Waals surface area contributed by atoms with E-state index in [2.05, 4.69) is 165 Å². The van der Waals surface area contributed by atoms with E-state index in [4.69, 9.17) is 0 Å². The standard InChI is InChI=1S/C52H56N2O2S/c1-49(2,3)33-19-23-45-41(27-33)42-28-34(50(4,5)6)20-24-46(42)53(45)37-15-13-17-39(31-37)57(55,56)40-18-14-16-38(32-40)54-47-25-21-35(51(7,8)9)29-43(47)44-30-36(52(10,11)12)22-26-48(44)54/h13-32H,1-12H3. The van der Waals surface area contributed by atoms with Gasteiger partial charge in [0.05, 0.1) is 31.9 Å². The van der Waals surface area contributed by atoms with Crippen LogP contribution in [0.5, 0.6) is 0 Å². The van der Waals surface area contributed by atoms with Crippen molar-refractivity contribution >= 4 is 53.4 Å². The van der Waals surface area contributed by atoms with Crippen LogP contribution in [0.3, 0.4) is 0 Å². The Bertz CT molecular complexity index is 2660. The maximum atomic E-state index is 14.7. The van der Waals surface area contributed by atoms with E-state index in [1.165, 1.54) is 43.8 Å². The van der Waals surface area contributed by atoms with E-state index in [-0.39, 0.29) is 31.5 Å². The van der Waals surface area contributed by atoms with Crippen molar-refractivity contribution in [3.63, 3.8) is 0 Å². The molecule has 292 valence electrons. The Morgan fingerprint density at radius 3 is 0.860 bits per heavy atom. The maximum Gasteiger partial charge on any atom is 0.206 e. The highest BCUT2D eigenvalue weighted by molar-refractivity contribution is 7.91. The van der Waals surface area contributed by atoms with E-state index in [1.807, 2.05) is 36.4 Å². The zero-order valence-electron chi connectivity index (χ0n) is 35.7. The van der Waals surface area contributed by atoms with Crippen LogP contribution in [0.1, 0.15) is 105 Å². The van der Waals surface area contributed by atoms with Crippen LogP contribution in [0.25, 0.3) is 55.0 Å². The fraction of sp³-hybridized carbons (Fsp3) is 0.308. The maximum absolute atomic E-state index is 14.7. The van der Waals surface area contributed by atoms with Gasteiger partial charge in [-0.15, -0.1) is 0 Å². The van der Waals surface area contributed by atoms with E-state index >= 15 is 0 Å². The molecular weight excluding hydrogens is 717 g/mol. The van der Waals surface area contributed by atoms with E-state index in [9.17, 15) is 8.42 Å². The van der Waals surface area contributed by atoms with E-state index in [0.717, 1.165) is 33.4 Å². The molecule has 0 saturated heterocycles. The van der Waals surface area contributed by atoms with Crippen molar-refractivity contribution in [2.45, 2.75) is 115 Å². The van der Waals surface area contributed by atoms with Crippen LogP contribution in [0.15, 0.2) is 131 Å². The van der Waals surface area contributed by atoms with Crippen molar-refractivity contribution < 1.29 is 8.42 Å². The van der Waals surface area contributed by atoms with Gasteiger partial charge in [-0.1, -0.05) is 119 Å². The fourth-order valence-corrected chi connectivity index (χ4v) is 9.52. The van der Waals surface area contributed by atoms with Gasteiger partial charge in [-0.25, -0.2) is 8.42 Å². The summed E-state index contributed by atoms with van der Waals surface area (Å²) in [5.41, 5.74) is 10.8. The second-order valence-electron chi connectivity index (χ2n) is 20.1. The first-order chi connectivity index (χ1) is 26.5. The summed E-state index contributed by atoms with van der Waals surface area (Å²) in [5.74, 6) is 0. The molecule has 0 amide bonds. The summed E-state index contributed by atoms with van der Waals surface area (Å²) in [6.45, 7) is 26.9. The summed E-state index contributed by atoms with van der Waals surface area (Å²) in [7, 11) is -3.91. The molecule has 0 aliphatic heterocycles. The molecule has 8 rings (SSSR count). The van der Waals surface area contributed by atoms with Crippen molar-refractivity contribution in [1.29, 1.82) is 0 Å². The van der Waals surface area contributed by atoms with Crippen LogP contribution < -0.4 is 0 Å². The summed E-state index contributed by atoms with van der Waals surface area (Å²) >= 11 is 0. The Morgan fingerprint density at radius 2 is 0.614 bits per heavy atom. The van der Waals surface area contributed by atoms with Crippen molar-refractivity contribution in [3.8, 4) is 11.4 Å². The van der Waals surface area contributed by atoms with E-state index in [0.29, 0.717) is 0 Å². The molecule has 0 radical (unpaired) electrons. The van der Waals surface area contributed by atoms with Gasteiger partial charge in [-0.2, -0.15) is 0 Å². The Hall–Kier alpha value is -5.13. The SMILES string of the molecule is CC(C)(C)c1ccc2c(c1)c1cc(C(C)(C)C)ccc1n2-c1cccc(S(=O)(=O)c2cccc(-n3c4ccc(C(C)(C)C)cc4c4cc(C(C)(C)C)ccc43)c2)c1. The van der Waals surface area contributed by atoms with Gasteiger partial charge in [-0.05, 0) is 129 Å². The van der Waals surface area contributed by atoms with Crippen LogP contribution in [0.2, 0.25) is 0 Å². The molecule has 0 spiro atoms. The Balaban J connectivity index is 1.28. The molecule has 0 N–H and O–H groups in total. The smallest absolute Gasteiger partial charge is 0.206 e. The van der Waals surface area contributed by atoms with Gasteiger partial charge in [0.1, 0.15) is 0 Å².